The number of anilines is 2. The van der Waals surface area contributed by atoms with Crippen LogP contribution in [-0.4, -0.2) is 40.4 Å². The predicted molar refractivity (Wildman–Crippen MR) is 192 cm³/mol. The van der Waals surface area contributed by atoms with Crippen LogP contribution in [0.15, 0.2) is 109 Å². The van der Waals surface area contributed by atoms with Crippen LogP contribution in [0.4, 0.5) is 11.4 Å². The number of allylic oxidation sites excluding steroid dienone is 2. The fraction of sp³-hybridized carbons (Fsp3) is 0.268. The smallest absolute Gasteiger partial charge is 0.260 e. The number of aryl methyl sites for hydroxylation is 1. The summed E-state index contributed by atoms with van der Waals surface area (Å²) in [5.41, 5.74) is 5.88. The Morgan fingerprint density at radius 1 is 0.882 bits per heavy atom. The number of rotatable bonds is 7. The monoisotopic (exact) mass is 701 g/mol. The van der Waals surface area contributed by atoms with Crippen LogP contribution >= 0.6 is 11.6 Å². The lowest BCUT2D eigenvalue weighted by molar-refractivity contribution is -0.138. The van der Waals surface area contributed by atoms with Crippen LogP contribution < -0.4 is 15.1 Å². The summed E-state index contributed by atoms with van der Waals surface area (Å²) >= 11 is 6.14. The van der Waals surface area contributed by atoms with E-state index >= 15 is 4.79 Å². The average Bonchev–Trinajstić information content (AvgIpc) is 3.52. The number of imide groups is 2. The lowest BCUT2D eigenvalue weighted by Crippen LogP contribution is -2.53. The van der Waals surface area contributed by atoms with Gasteiger partial charge in [0.2, 0.25) is 11.8 Å². The molecule has 4 aromatic carbocycles. The molecule has 2 N–H and O–H groups in total. The highest BCUT2D eigenvalue weighted by Gasteiger charge is 2.70. The number of phenols is 1. The maximum absolute atomic E-state index is 15.3. The van der Waals surface area contributed by atoms with Gasteiger partial charge in [0.05, 0.1) is 41.2 Å². The zero-order valence-electron chi connectivity index (χ0n) is 28.1. The minimum absolute atomic E-state index is 0.0531. The molecule has 9 nitrogen and oxygen atoms in total. The number of benzene rings is 4. The van der Waals surface area contributed by atoms with Crippen molar-refractivity contribution in [1.82, 2.24) is 5.01 Å². The first kappa shape index (κ1) is 32.8. The molecule has 0 spiro atoms. The van der Waals surface area contributed by atoms with Crippen molar-refractivity contribution in [3.8, 4) is 11.5 Å². The summed E-state index contributed by atoms with van der Waals surface area (Å²) in [6.45, 7) is 4.07. The Morgan fingerprint density at radius 2 is 1.61 bits per heavy atom. The minimum Gasteiger partial charge on any atom is -0.504 e. The highest BCUT2D eigenvalue weighted by Crippen LogP contribution is 2.64. The van der Waals surface area contributed by atoms with E-state index in [1.807, 2.05) is 74.5 Å². The van der Waals surface area contributed by atoms with Gasteiger partial charge in [0, 0.05) is 10.9 Å². The first-order valence-corrected chi connectivity index (χ1v) is 17.6. The van der Waals surface area contributed by atoms with Crippen molar-refractivity contribution in [3.63, 3.8) is 0 Å². The third kappa shape index (κ3) is 4.97. The first-order chi connectivity index (χ1) is 24.6. The maximum atomic E-state index is 15.3. The molecule has 0 bridgehead atoms. The number of fused-ring (bicyclic) bond motifs is 4. The zero-order valence-corrected chi connectivity index (χ0v) is 28.8. The number of carbonyl (C=O) groups excluding carboxylic acids is 4. The van der Waals surface area contributed by atoms with Crippen molar-refractivity contribution in [1.29, 1.82) is 0 Å². The minimum atomic E-state index is -1.42. The van der Waals surface area contributed by atoms with Gasteiger partial charge in [0.15, 0.2) is 11.5 Å². The van der Waals surface area contributed by atoms with Gasteiger partial charge in [0.25, 0.3) is 11.8 Å². The SMILES string of the molecule is CCOc1cc(C2C3=CCC4C(=O)N(c5ccc(Cl)cc5)C(=O)C4C3CC3C(=O)N(Nc4ccc(C)cc4)C(=O)C32c2ccccc2)ccc1O. The van der Waals surface area contributed by atoms with Crippen molar-refractivity contribution < 1.29 is 29.0 Å². The molecule has 2 saturated heterocycles. The number of nitrogens with one attached hydrogen (secondary N) is 1. The number of nitrogens with zero attached hydrogens (tertiary/aromatic N) is 2. The number of halogens is 1. The van der Waals surface area contributed by atoms with Crippen LogP contribution in [0, 0.1) is 30.6 Å². The fourth-order valence-corrected chi connectivity index (χ4v) is 9.07. The van der Waals surface area contributed by atoms with E-state index in [1.54, 1.807) is 42.5 Å². The molecule has 4 aliphatic rings. The number of hydrogen-bond acceptors (Lipinski definition) is 7. The van der Waals surface area contributed by atoms with E-state index in [0.717, 1.165) is 16.1 Å². The molecule has 10 heteroatoms. The molecule has 0 radical (unpaired) electrons. The van der Waals surface area contributed by atoms with Gasteiger partial charge in [-0.3, -0.25) is 29.5 Å². The Kier molecular flexibility index (Phi) is 7.98. The molecule has 8 rings (SSSR count). The summed E-state index contributed by atoms with van der Waals surface area (Å²) in [7, 11) is 0. The van der Waals surface area contributed by atoms with Crippen molar-refractivity contribution in [2.24, 2.45) is 23.7 Å². The number of hydrogen-bond donors (Lipinski definition) is 2. The number of ether oxygens (including phenoxy) is 1. The lowest BCUT2D eigenvalue weighted by Gasteiger charge is -2.50. The fourth-order valence-electron chi connectivity index (χ4n) is 8.95. The van der Waals surface area contributed by atoms with E-state index in [0.29, 0.717) is 40.6 Å². The Labute approximate surface area is 300 Å². The van der Waals surface area contributed by atoms with Crippen molar-refractivity contribution in [2.45, 2.75) is 38.0 Å². The molecular formula is C41H36ClN3O6. The highest BCUT2D eigenvalue weighted by molar-refractivity contribution is 6.31. The van der Waals surface area contributed by atoms with Crippen LogP contribution in [0.1, 0.15) is 42.4 Å². The molecule has 1 saturated carbocycles. The highest BCUT2D eigenvalue weighted by atomic mass is 35.5. The van der Waals surface area contributed by atoms with E-state index < -0.39 is 46.8 Å². The van der Waals surface area contributed by atoms with Gasteiger partial charge in [-0.1, -0.05) is 77.3 Å². The van der Waals surface area contributed by atoms with Gasteiger partial charge < -0.3 is 9.84 Å². The molecule has 2 heterocycles. The van der Waals surface area contributed by atoms with E-state index in [2.05, 4.69) is 5.43 Å². The number of phenolic OH excluding ortho intramolecular Hbond substituents is 1. The summed E-state index contributed by atoms with van der Waals surface area (Å²) < 4.78 is 5.82. The van der Waals surface area contributed by atoms with E-state index in [-0.39, 0.29) is 29.7 Å². The molecule has 6 unspecified atom stereocenters. The molecule has 0 aromatic heterocycles. The van der Waals surface area contributed by atoms with Gasteiger partial charge in [-0.25, -0.2) is 0 Å². The second-order valence-electron chi connectivity index (χ2n) is 13.7. The van der Waals surface area contributed by atoms with Crippen molar-refractivity contribution in [3.05, 3.63) is 130 Å². The molecule has 258 valence electrons. The van der Waals surface area contributed by atoms with E-state index in [1.165, 1.54) is 4.90 Å². The molecule has 2 aliphatic carbocycles. The Hall–Kier alpha value is -5.41. The number of carbonyl (C=O) groups is 4. The van der Waals surface area contributed by atoms with E-state index in [9.17, 15) is 19.5 Å². The molecule has 51 heavy (non-hydrogen) atoms. The topological polar surface area (TPSA) is 116 Å². The second kappa shape index (κ2) is 12.4. The summed E-state index contributed by atoms with van der Waals surface area (Å²) in [6, 6.07) is 28.4. The number of amides is 4. The Bertz CT molecular complexity index is 2100. The quantitative estimate of drug-likeness (QED) is 0.158. The third-order valence-electron chi connectivity index (χ3n) is 11.1. The summed E-state index contributed by atoms with van der Waals surface area (Å²) in [6.07, 6.45) is 2.48. The van der Waals surface area contributed by atoms with Crippen LogP contribution in [0.25, 0.3) is 0 Å². The molecule has 6 atom stereocenters. The van der Waals surface area contributed by atoms with Crippen LogP contribution in [-0.2, 0) is 24.6 Å². The Morgan fingerprint density at radius 3 is 2.31 bits per heavy atom. The maximum Gasteiger partial charge on any atom is 0.260 e. The normalized spacial score (nSPS) is 26.8. The molecule has 3 fully saturated rings. The summed E-state index contributed by atoms with van der Waals surface area (Å²) in [4.78, 5) is 59.8. The van der Waals surface area contributed by atoms with E-state index in [4.69, 9.17) is 16.3 Å². The van der Waals surface area contributed by atoms with Crippen molar-refractivity contribution >= 4 is 46.6 Å². The predicted octanol–water partition coefficient (Wildman–Crippen LogP) is 6.94. The lowest BCUT2D eigenvalue weighted by atomic mass is 9.49. The van der Waals surface area contributed by atoms with Gasteiger partial charge >= 0.3 is 0 Å². The largest absolute Gasteiger partial charge is 0.504 e. The van der Waals surface area contributed by atoms with Crippen LogP contribution in [0.2, 0.25) is 5.02 Å². The third-order valence-corrected chi connectivity index (χ3v) is 11.3. The molecule has 4 amide bonds. The van der Waals surface area contributed by atoms with Crippen molar-refractivity contribution in [2.75, 3.05) is 16.9 Å². The second-order valence-corrected chi connectivity index (χ2v) is 14.2. The van der Waals surface area contributed by atoms with Crippen LogP contribution in [0.5, 0.6) is 11.5 Å². The molecular weight excluding hydrogens is 666 g/mol. The number of aromatic hydroxyl groups is 1. The summed E-state index contributed by atoms with van der Waals surface area (Å²) in [5, 5.41) is 12.4. The van der Waals surface area contributed by atoms with Gasteiger partial charge in [-0.05, 0) is 92.3 Å². The van der Waals surface area contributed by atoms with Crippen LogP contribution in [0.3, 0.4) is 0 Å². The van der Waals surface area contributed by atoms with Gasteiger partial charge in [-0.15, -0.1) is 0 Å². The Balaban J connectivity index is 1.32. The molecule has 2 aliphatic heterocycles. The van der Waals surface area contributed by atoms with Gasteiger partial charge in [0.1, 0.15) is 0 Å². The zero-order chi connectivity index (χ0) is 35.6. The molecule has 4 aromatic rings. The number of hydrazine groups is 1. The summed E-state index contributed by atoms with van der Waals surface area (Å²) in [5.74, 6) is -4.78. The standard InChI is InChI=1S/C41H36ClN3O6/c1-3-51-34-21-24(11-20-33(34)46)36-29-18-19-30-35(39(49)44(37(30)47)28-16-12-26(42)13-17-28)31(29)22-32-38(48)45(43-27-14-9-23(2)10-15-27)40(50)41(32,36)25-7-5-4-6-8-25/h4-18,20-21,30-32,35-36,43,46H,3,19,22H2,1-2H3. The average molecular weight is 702 g/mol. The first-order valence-electron chi connectivity index (χ1n) is 17.2. The van der Waals surface area contributed by atoms with Gasteiger partial charge in [-0.2, -0.15) is 5.01 Å².